The zero-order valence-corrected chi connectivity index (χ0v) is 13.9. The number of amides is 1. The maximum Gasteiger partial charge on any atom is 0.326 e. The molecule has 2 rings (SSSR count). The molecule has 24 heavy (non-hydrogen) atoms. The van der Waals surface area contributed by atoms with Crippen molar-refractivity contribution in [2.24, 2.45) is 0 Å². The highest BCUT2D eigenvalue weighted by Crippen LogP contribution is 2.16. The number of carboxylic acid groups (broad SMARTS) is 1. The average molecular weight is 328 g/mol. The van der Waals surface area contributed by atoms with Crippen molar-refractivity contribution >= 4 is 11.9 Å². The predicted octanol–water partition coefficient (Wildman–Crippen LogP) is 3.03. The van der Waals surface area contributed by atoms with Gasteiger partial charge < -0.3 is 15.0 Å². The van der Waals surface area contributed by atoms with Crippen LogP contribution in [-0.2, 0) is 16.0 Å². The van der Waals surface area contributed by atoms with Crippen molar-refractivity contribution in [3.8, 4) is 0 Å². The largest absolute Gasteiger partial charge is 0.480 e. The number of nitrogens with zero attached hydrogens (tertiary/aromatic N) is 1. The molecular formula is C19H24N2O3. The number of hydrogen-bond donors (Lipinski definition) is 2. The summed E-state index contributed by atoms with van der Waals surface area (Å²) < 4.78 is 1.82. The van der Waals surface area contributed by atoms with Crippen LogP contribution in [-0.4, -0.2) is 27.6 Å². The minimum atomic E-state index is -0.984. The zero-order chi connectivity index (χ0) is 17.4. The Kier molecular flexibility index (Phi) is 6.61. The molecule has 0 saturated carbocycles. The lowest BCUT2D eigenvalue weighted by molar-refractivity contribution is -0.142. The normalized spacial score (nSPS) is 13.2. The second-order valence-corrected chi connectivity index (χ2v) is 5.88. The maximum atomic E-state index is 12.7. The highest BCUT2D eigenvalue weighted by molar-refractivity contribution is 5.86. The van der Waals surface area contributed by atoms with Crippen LogP contribution in [0.1, 0.15) is 37.8 Å². The third-order valence-corrected chi connectivity index (χ3v) is 4.02. The van der Waals surface area contributed by atoms with Gasteiger partial charge in [0.2, 0.25) is 5.91 Å². The molecule has 0 aliphatic carbocycles. The molecule has 0 aliphatic heterocycles. The Balaban J connectivity index is 2.14. The first-order chi connectivity index (χ1) is 11.6. The van der Waals surface area contributed by atoms with E-state index < -0.39 is 18.1 Å². The molecule has 5 nitrogen and oxygen atoms in total. The SMILES string of the molecule is CCCC[C@H](NC(=O)[C@H](Cc1ccccc1)n1cccc1)C(=O)O. The third kappa shape index (κ3) is 4.98. The fraction of sp³-hybridized carbons (Fsp3) is 0.368. The van der Waals surface area contributed by atoms with Gasteiger partial charge in [0.25, 0.3) is 0 Å². The van der Waals surface area contributed by atoms with Gasteiger partial charge in [-0.2, -0.15) is 0 Å². The summed E-state index contributed by atoms with van der Waals surface area (Å²) >= 11 is 0. The minimum Gasteiger partial charge on any atom is -0.480 e. The first-order valence-corrected chi connectivity index (χ1v) is 8.31. The van der Waals surface area contributed by atoms with Crippen molar-refractivity contribution in [1.82, 2.24) is 9.88 Å². The van der Waals surface area contributed by atoms with Gasteiger partial charge in [0.1, 0.15) is 12.1 Å². The number of benzene rings is 1. The van der Waals surface area contributed by atoms with E-state index in [2.05, 4.69) is 5.32 Å². The molecule has 0 unspecified atom stereocenters. The number of aromatic nitrogens is 1. The highest BCUT2D eigenvalue weighted by atomic mass is 16.4. The van der Waals surface area contributed by atoms with Crippen LogP contribution >= 0.6 is 0 Å². The van der Waals surface area contributed by atoms with Gasteiger partial charge in [0.15, 0.2) is 0 Å². The van der Waals surface area contributed by atoms with E-state index in [9.17, 15) is 14.7 Å². The van der Waals surface area contributed by atoms with Crippen molar-refractivity contribution in [2.45, 2.75) is 44.7 Å². The van der Waals surface area contributed by atoms with Crippen molar-refractivity contribution in [2.75, 3.05) is 0 Å². The molecule has 0 saturated heterocycles. The van der Waals surface area contributed by atoms with E-state index >= 15 is 0 Å². The summed E-state index contributed by atoms with van der Waals surface area (Å²) in [6.07, 6.45) is 6.28. The number of hydrogen-bond acceptors (Lipinski definition) is 2. The van der Waals surface area contributed by atoms with Crippen LogP contribution in [0.4, 0.5) is 0 Å². The molecule has 0 spiro atoms. The smallest absolute Gasteiger partial charge is 0.326 e. The van der Waals surface area contributed by atoms with Crippen LogP contribution in [0.3, 0.4) is 0 Å². The van der Waals surface area contributed by atoms with E-state index in [-0.39, 0.29) is 5.91 Å². The number of nitrogens with one attached hydrogen (secondary N) is 1. The summed E-state index contributed by atoms with van der Waals surface area (Å²) in [5.41, 5.74) is 1.03. The van der Waals surface area contributed by atoms with Crippen molar-refractivity contribution in [3.05, 3.63) is 60.4 Å². The summed E-state index contributed by atoms with van der Waals surface area (Å²) in [7, 11) is 0. The van der Waals surface area contributed by atoms with Gasteiger partial charge in [-0.15, -0.1) is 0 Å². The number of carbonyl (C=O) groups excluding carboxylic acids is 1. The summed E-state index contributed by atoms with van der Waals surface area (Å²) in [6.45, 7) is 2.00. The molecule has 2 aromatic rings. The predicted molar refractivity (Wildman–Crippen MR) is 92.7 cm³/mol. The van der Waals surface area contributed by atoms with Gasteiger partial charge in [-0.25, -0.2) is 4.79 Å². The van der Waals surface area contributed by atoms with E-state index in [1.165, 1.54) is 0 Å². The van der Waals surface area contributed by atoms with Gasteiger partial charge in [0, 0.05) is 18.8 Å². The first-order valence-electron chi connectivity index (χ1n) is 8.31. The number of carbonyl (C=O) groups is 2. The molecule has 2 atom stereocenters. The average Bonchev–Trinajstić information content (AvgIpc) is 3.11. The van der Waals surface area contributed by atoms with E-state index in [1.807, 2.05) is 66.3 Å². The molecule has 0 bridgehead atoms. The molecule has 2 N–H and O–H groups in total. The van der Waals surface area contributed by atoms with Crippen LogP contribution in [0.2, 0.25) is 0 Å². The van der Waals surface area contributed by atoms with Crippen molar-refractivity contribution < 1.29 is 14.7 Å². The quantitative estimate of drug-likeness (QED) is 0.743. The van der Waals surface area contributed by atoms with Gasteiger partial charge in [-0.05, 0) is 24.1 Å². The fourth-order valence-electron chi connectivity index (χ4n) is 2.66. The Morgan fingerprint density at radius 2 is 1.79 bits per heavy atom. The highest BCUT2D eigenvalue weighted by Gasteiger charge is 2.25. The van der Waals surface area contributed by atoms with E-state index in [0.717, 1.165) is 18.4 Å². The topological polar surface area (TPSA) is 71.3 Å². The number of rotatable bonds is 9. The van der Waals surface area contributed by atoms with E-state index in [4.69, 9.17) is 0 Å². The summed E-state index contributed by atoms with van der Waals surface area (Å²) in [6, 6.07) is 12.1. The Bertz CT molecular complexity index is 638. The lowest BCUT2D eigenvalue weighted by atomic mass is 10.0. The maximum absolute atomic E-state index is 12.7. The standard InChI is InChI=1S/C19H24N2O3/c1-2-3-11-16(19(23)24)20-18(22)17(21-12-7-8-13-21)14-15-9-5-4-6-10-15/h4-10,12-13,16-17H,2-3,11,14H2,1H3,(H,20,22)(H,23,24)/t16-,17-/m0/s1. The van der Waals surface area contributed by atoms with Crippen LogP contribution in [0, 0.1) is 0 Å². The van der Waals surface area contributed by atoms with E-state index in [0.29, 0.717) is 12.8 Å². The fourth-order valence-corrected chi connectivity index (χ4v) is 2.66. The number of carboxylic acids is 1. The molecule has 128 valence electrons. The van der Waals surface area contributed by atoms with Crippen molar-refractivity contribution in [3.63, 3.8) is 0 Å². The second-order valence-electron chi connectivity index (χ2n) is 5.88. The Hall–Kier alpha value is -2.56. The second kappa shape index (κ2) is 8.91. The van der Waals surface area contributed by atoms with Gasteiger partial charge in [0.05, 0.1) is 0 Å². The van der Waals surface area contributed by atoms with E-state index in [1.54, 1.807) is 0 Å². The lowest BCUT2D eigenvalue weighted by Gasteiger charge is -2.22. The minimum absolute atomic E-state index is 0.265. The molecule has 1 heterocycles. The molecule has 1 amide bonds. The Morgan fingerprint density at radius 1 is 1.12 bits per heavy atom. The lowest BCUT2D eigenvalue weighted by Crippen LogP contribution is -2.44. The molecule has 0 radical (unpaired) electrons. The molecule has 0 aliphatic rings. The molecule has 1 aromatic carbocycles. The molecule has 0 fully saturated rings. The van der Waals surface area contributed by atoms with Crippen molar-refractivity contribution in [1.29, 1.82) is 0 Å². The third-order valence-electron chi connectivity index (χ3n) is 4.02. The van der Waals surface area contributed by atoms with Crippen LogP contribution < -0.4 is 5.32 Å². The molecule has 1 aromatic heterocycles. The van der Waals surface area contributed by atoms with Crippen LogP contribution in [0.5, 0.6) is 0 Å². The summed E-state index contributed by atoms with van der Waals surface area (Å²) in [4.78, 5) is 24.1. The van der Waals surface area contributed by atoms with Crippen LogP contribution in [0.15, 0.2) is 54.9 Å². The monoisotopic (exact) mass is 328 g/mol. The number of unbranched alkanes of at least 4 members (excludes halogenated alkanes) is 1. The van der Waals surface area contributed by atoms with Gasteiger partial charge in [-0.1, -0.05) is 50.1 Å². The summed E-state index contributed by atoms with van der Waals surface area (Å²) in [5.74, 6) is -1.25. The van der Waals surface area contributed by atoms with Gasteiger partial charge in [-0.3, -0.25) is 4.79 Å². The Labute approximate surface area is 142 Å². The Morgan fingerprint density at radius 3 is 2.38 bits per heavy atom. The van der Waals surface area contributed by atoms with Crippen LogP contribution in [0.25, 0.3) is 0 Å². The summed E-state index contributed by atoms with van der Waals surface area (Å²) in [5, 5.41) is 12.0. The molecular weight excluding hydrogens is 304 g/mol. The molecule has 5 heteroatoms. The van der Waals surface area contributed by atoms with Gasteiger partial charge >= 0.3 is 5.97 Å². The zero-order valence-electron chi connectivity index (χ0n) is 13.9. The number of aliphatic carboxylic acids is 1. The first kappa shape index (κ1) is 17.8.